The van der Waals surface area contributed by atoms with E-state index in [1.165, 1.54) is 17.8 Å². The number of carbonyl (C=O) groups excluding carboxylic acids is 1. The van der Waals surface area contributed by atoms with Crippen LogP contribution in [0.2, 0.25) is 0 Å². The number of hydrogen-bond donors (Lipinski definition) is 3. The van der Waals surface area contributed by atoms with Crippen molar-refractivity contribution in [3.8, 4) is 5.75 Å². The number of carbonyl (C=O) groups is 2. The van der Waals surface area contributed by atoms with Crippen molar-refractivity contribution < 1.29 is 19.8 Å². The lowest BCUT2D eigenvalue weighted by Gasteiger charge is -2.62. The predicted molar refractivity (Wildman–Crippen MR) is 123 cm³/mol. The van der Waals surface area contributed by atoms with E-state index in [1.54, 1.807) is 12.1 Å². The van der Waals surface area contributed by atoms with E-state index >= 15 is 0 Å². The number of phenolic OH excluding ortho intramolecular Hbond substituents is 1. The molecule has 5 rings (SSSR count). The fourth-order valence-corrected chi connectivity index (χ4v) is 6.54. The van der Waals surface area contributed by atoms with E-state index < -0.39 is 5.97 Å². The fourth-order valence-electron chi connectivity index (χ4n) is 5.57. The number of carboxylic acid groups (broad SMARTS) is 1. The molecule has 31 heavy (non-hydrogen) atoms. The second kappa shape index (κ2) is 8.65. The molecule has 3 aliphatic rings. The third-order valence-electron chi connectivity index (χ3n) is 7.56. The molecule has 3 N–H and O–H groups in total. The molecule has 3 fully saturated rings. The third kappa shape index (κ3) is 4.22. The van der Waals surface area contributed by atoms with Gasteiger partial charge in [0.25, 0.3) is 5.91 Å². The molecule has 166 valence electrons. The Morgan fingerprint density at radius 2 is 2.06 bits per heavy atom. The summed E-state index contributed by atoms with van der Waals surface area (Å²) < 4.78 is 0.751. The lowest BCUT2D eigenvalue weighted by molar-refractivity contribution is -0.137. The minimum absolute atomic E-state index is 0.0570. The zero-order valence-electron chi connectivity index (χ0n) is 18.1. The molecule has 0 aliphatic heterocycles. The zero-order chi connectivity index (χ0) is 22.2. The molecule has 1 aromatic heterocycles. The number of fused-ring (bicyclic) bond motifs is 3. The SMILES string of the molecule is CC1(C)[C@@H]2C[C@@H](C/C=C/CCCC(=O)O)[C@@H](NC(=O)c3csc4c(O)cccc34)[C@H]1C2. The monoisotopic (exact) mass is 441 g/mol. The van der Waals surface area contributed by atoms with Crippen LogP contribution in [0, 0.1) is 23.2 Å². The van der Waals surface area contributed by atoms with E-state index in [-0.39, 0.29) is 29.5 Å². The summed E-state index contributed by atoms with van der Waals surface area (Å²) in [5.41, 5.74) is 0.882. The number of aliphatic carboxylic acids is 1. The molecule has 1 heterocycles. The Kier molecular flexibility index (Phi) is 6.11. The van der Waals surface area contributed by atoms with Crippen molar-refractivity contribution in [2.45, 2.75) is 58.4 Å². The molecular weight excluding hydrogens is 410 g/mol. The average Bonchev–Trinajstić information content (AvgIpc) is 3.16. The first kappa shape index (κ1) is 21.9. The highest BCUT2D eigenvalue weighted by molar-refractivity contribution is 7.18. The molecule has 1 aromatic carbocycles. The second-order valence-electron chi connectivity index (χ2n) is 9.65. The van der Waals surface area contributed by atoms with Crippen molar-refractivity contribution in [2.75, 3.05) is 0 Å². The minimum atomic E-state index is -0.750. The Morgan fingerprint density at radius 1 is 1.26 bits per heavy atom. The van der Waals surface area contributed by atoms with Gasteiger partial charge in [-0.05, 0) is 61.3 Å². The van der Waals surface area contributed by atoms with Gasteiger partial charge in [-0.2, -0.15) is 0 Å². The van der Waals surface area contributed by atoms with Crippen molar-refractivity contribution in [1.82, 2.24) is 5.32 Å². The van der Waals surface area contributed by atoms with Crippen LogP contribution in [0.25, 0.3) is 10.1 Å². The molecular formula is C25H31NO4S. The maximum Gasteiger partial charge on any atom is 0.303 e. The Bertz CT molecular complexity index is 1010. The standard InChI is InChI=1S/C25H31NO4S/c1-25(2)16-12-15(8-5-3-4-6-11-21(28)29)22(19(25)13-16)26-24(30)18-14-31-23-17(18)9-7-10-20(23)27/h3,5,7,9-10,14-16,19,22,27H,4,6,8,11-13H2,1-2H3,(H,26,30)(H,28,29)/b5-3+/t15-,16-,19-,22-/m1/s1. The number of hydrogen-bond acceptors (Lipinski definition) is 4. The predicted octanol–water partition coefficient (Wildman–Crippen LogP) is 5.59. The molecule has 0 radical (unpaired) electrons. The quantitative estimate of drug-likeness (QED) is 0.368. The number of carboxylic acids is 1. The molecule has 2 aromatic rings. The highest BCUT2D eigenvalue weighted by Crippen LogP contribution is 2.61. The minimum Gasteiger partial charge on any atom is -0.506 e. The van der Waals surface area contributed by atoms with E-state index in [9.17, 15) is 14.7 Å². The first-order valence-electron chi connectivity index (χ1n) is 11.2. The Balaban J connectivity index is 1.46. The summed E-state index contributed by atoms with van der Waals surface area (Å²) in [5.74, 6) is 0.982. The normalized spacial score (nSPS) is 26.6. The molecule has 3 saturated carbocycles. The van der Waals surface area contributed by atoms with Crippen LogP contribution in [0.1, 0.15) is 62.7 Å². The van der Waals surface area contributed by atoms with Crippen molar-refractivity contribution in [1.29, 1.82) is 0 Å². The Hall–Kier alpha value is -2.34. The topological polar surface area (TPSA) is 86.6 Å². The number of allylic oxidation sites excluding steroid dienone is 2. The Labute approximate surface area is 187 Å². The van der Waals surface area contributed by atoms with Crippen LogP contribution in [0.5, 0.6) is 5.75 Å². The van der Waals surface area contributed by atoms with E-state index in [0.29, 0.717) is 29.7 Å². The first-order chi connectivity index (χ1) is 14.8. The van der Waals surface area contributed by atoms with Crippen molar-refractivity contribution in [2.24, 2.45) is 23.2 Å². The molecule has 6 heteroatoms. The lowest BCUT2D eigenvalue weighted by Crippen LogP contribution is -2.63. The zero-order valence-corrected chi connectivity index (χ0v) is 19.0. The Morgan fingerprint density at radius 3 is 2.81 bits per heavy atom. The third-order valence-corrected chi connectivity index (χ3v) is 8.58. The molecule has 2 bridgehead atoms. The molecule has 4 atom stereocenters. The molecule has 0 unspecified atom stereocenters. The smallest absolute Gasteiger partial charge is 0.303 e. The number of rotatable bonds is 8. The lowest BCUT2D eigenvalue weighted by atomic mass is 9.44. The van der Waals surface area contributed by atoms with Gasteiger partial charge in [0.2, 0.25) is 0 Å². The number of unbranched alkanes of at least 4 members (excludes halogenated alkanes) is 1. The summed E-state index contributed by atoms with van der Waals surface area (Å²) in [4.78, 5) is 23.9. The molecule has 0 spiro atoms. The van der Waals surface area contributed by atoms with E-state index in [4.69, 9.17) is 5.11 Å². The number of aromatic hydroxyl groups is 1. The van der Waals surface area contributed by atoms with Gasteiger partial charge in [-0.3, -0.25) is 9.59 Å². The van der Waals surface area contributed by atoms with Crippen LogP contribution in [0.15, 0.2) is 35.7 Å². The summed E-state index contributed by atoms with van der Waals surface area (Å²) >= 11 is 1.40. The van der Waals surface area contributed by atoms with Crippen LogP contribution in [0.4, 0.5) is 0 Å². The van der Waals surface area contributed by atoms with E-state index in [0.717, 1.165) is 29.3 Å². The summed E-state index contributed by atoms with van der Waals surface area (Å²) in [6.45, 7) is 4.64. The van der Waals surface area contributed by atoms with Gasteiger partial charge in [0.1, 0.15) is 5.75 Å². The highest BCUT2D eigenvalue weighted by atomic mass is 32.1. The van der Waals surface area contributed by atoms with Crippen LogP contribution in [-0.2, 0) is 4.79 Å². The van der Waals surface area contributed by atoms with Gasteiger partial charge in [-0.15, -0.1) is 11.3 Å². The highest BCUT2D eigenvalue weighted by Gasteiger charge is 2.57. The fraction of sp³-hybridized carbons (Fsp3) is 0.520. The molecule has 0 saturated heterocycles. The van der Waals surface area contributed by atoms with Gasteiger partial charge in [0.05, 0.1) is 10.3 Å². The van der Waals surface area contributed by atoms with Crippen molar-refractivity contribution in [3.63, 3.8) is 0 Å². The van der Waals surface area contributed by atoms with Gasteiger partial charge in [0.15, 0.2) is 0 Å². The van der Waals surface area contributed by atoms with Gasteiger partial charge in [-0.1, -0.05) is 38.1 Å². The van der Waals surface area contributed by atoms with Crippen LogP contribution in [0.3, 0.4) is 0 Å². The maximum absolute atomic E-state index is 13.2. The number of nitrogens with one attached hydrogen (secondary N) is 1. The van der Waals surface area contributed by atoms with E-state index in [2.05, 4.69) is 31.3 Å². The first-order valence-corrected chi connectivity index (χ1v) is 12.0. The van der Waals surface area contributed by atoms with Crippen LogP contribution in [-0.4, -0.2) is 28.1 Å². The van der Waals surface area contributed by atoms with Gasteiger partial charge < -0.3 is 15.5 Å². The number of benzene rings is 1. The maximum atomic E-state index is 13.2. The van der Waals surface area contributed by atoms with Crippen molar-refractivity contribution in [3.05, 3.63) is 41.3 Å². The average molecular weight is 442 g/mol. The summed E-state index contributed by atoms with van der Waals surface area (Å²) in [5, 5.41) is 24.8. The van der Waals surface area contributed by atoms with Gasteiger partial charge in [0, 0.05) is 23.2 Å². The number of thiophene rings is 1. The van der Waals surface area contributed by atoms with Crippen LogP contribution >= 0.6 is 11.3 Å². The van der Waals surface area contributed by atoms with Crippen LogP contribution < -0.4 is 5.32 Å². The summed E-state index contributed by atoms with van der Waals surface area (Å²) in [7, 11) is 0. The number of phenols is 1. The summed E-state index contributed by atoms with van der Waals surface area (Å²) in [6, 6.07) is 5.45. The second-order valence-corrected chi connectivity index (χ2v) is 10.5. The molecule has 5 nitrogen and oxygen atoms in total. The summed E-state index contributed by atoms with van der Waals surface area (Å²) in [6.07, 6.45) is 9.08. The van der Waals surface area contributed by atoms with Gasteiger partial charge in [-0.25, -0.2) is 0 Å². The molecule has 1 amide bonds. The largest absolute Gasteiger partial charge is 0.506 e. The number of amides is 1. The van der Waals surface area contributed by atoms with Crippen molar-refractivity contribution >= 4 is 33.3 Å². The van der Waals surface area contributed by atoms with Gasteiger partial charge >= 0.3 is 5.97 Å². The van der Waals surface area contributed by atoms with E-state index in [1.807, 2.05) is 11.4 Å². The molecule has 3 aliphatic carbocycles.